The molecule has 1 saturated carbocycles. The minimum atomic E-state index is -0.152. The predicted molar refractivity (Wildman–Crippen MR) is 70.8 cm³/mol. The van der Waals surface area contributed by atoms with Gasteiger partial charge < -0.3 is 10.4 Å². The molecule has 2 rings (SSSR count). The number of hydrogen-bond acceptors (Lipinski definition) is 2. The molecule has 0 spiro atoms. The second-order valence-corrected chi connectivity index (χ2v) is 5.55. The molecule has 0 bridgehead atoms. The average molecular weight is 251 g/mol. The molecule has 1 aliphatic carbocycles. The summed E-state index contributed by atoms with van der Waals surface area (Å²) >= 11 is 0. The first kappa shape index (κ1) is 13.5. The maximum Gasteiger partial charge on any atom is 0.126 e. The van der Waals surface area contributed by atoms with Crippen LogP contribution in [-0.4, -0.2) is 18.3 Å². The summed E-state index contributed by atoms with van der Waals surface area (Å²) in [6.07, 6.45) is 4.66. The van der Waals surface area contributed by atoms with Gasteiger partial charge in [-0.2, -0.15) is 0 Å². The molecule has 1 aromatic carbocycles. The van der Waals surface area contributed by atoms with Crippen LogP contribution in [-0.2, 0) is 6.54 Å². The Morgan fingerprint density at radius 1 is 1.33 bits per heavy atom. The standard InChI is InChI=1S/C15H22FNO/c1-12-8-13(4-5-14(12)16)9-17-10-15(11-18)6-2-3-7-15/h4-5,8,17-18H,2-3,6-7,9-11H2,1H3. The fourth-order valence-corrected chi connectivity index (χ4v) is 2.80. The third kappa shape index (κ3) is 3.09. The van der Waals surface area contributed by atoms with Gasteiger partial charge in [-0.25, -0.2) is 4.39 Å². The van der Waals surface area contributed by atoms with Crippen molar-refractivity contribution in [2.24, 2.45) is 5.41 Å². The lowest BCUT2D eigenvalue weighted by molar-refractivity contribution is 0.128. The monoisotopic (exact) mass is 251 g/mol. The Kier molecular flexibility index (Phi) is 4.36. The molecule has 3 heteroatoms. The molecule has 2 nitrogen and oxygen atoms in total. The van der Waals surface area contributed by atoms with Gasteiger partial charge in [0.15, 0.2) is 0 Å². The molecule has 0 radical (unpaired) electrons. The highest BCUT2D eigenvalue weighted by Crippen LogP contribution is 2.36. The first-order valence-corrected chi connectivity index (χ1v) is 6.72. The van der Waals surface area contributed by atoms with Crippen LogP contribution in [0.5, 0.6) is 0 Å². The van der Waals surface area contributed by atoms with E-state index in [-0.39, 0.29) is 17.8 Å². The molecule has 100 valence electrons. The fourth-order valence-electron chi connectivity index (χ4n) is 2.80. The summed E-state index contributed by atoms with van der Waals surface area (Å²) in [6.45, 7) is 3.64. The van der Waals surface area contributed by atoms with Crippen molar-refractivity contribution in [3.8, 4) is 0 Å². The Bertz CT molecular complexity index is 399. The van der Waals surface area contributed by atoms with Gasteiger partial charge in [0.05, 0.1) is 0 Å². The van der Waals surface area contributed by atoms with Gasteiger partial charge in [0, 0.05) is 25.1 Å². The van der Waals surface area contributed by atoms with E-state index in [0.717, 1.165) is 31.5 Å². The number of nitrogens with one attached hydrogen (secondary N) is 1. The highest BCUT2D eigenvalue weighted by atomic mass is 19.1. The summed E-state index contributed by atoms with van der Waals surface area (Å²) < 4.78 is 13.1. The summed E-state index contributed by atoms with van der Waals surface area (Å²) in [4.78, 5) is 0. The topological polar surface area (TPSA) is 32.3 Å². The van der Waals surface area contributed by atoms with Crippen LogP contribution < -0.4 is 5.32 Å². The van der Waals surface area contributed by atoms with Gasteiger partial charge in [0.25, 0.3) is 0 Å². The van der Waals surface area contributed by atoms with E-state index >= 15 is 0 Å². The van der Waals surface area contributed by atoms with E-state index in [9.17, 15) is 9.50 Å². The Morgan fingerprint density at radius 2 is 2.06 bits per heavy atom. The van der Waals surface area contributed by atoms with E-state index < -0.39 is 0 Å². The maximum absolute atomic E-state index is 13.1. The van der Waals surface area contributed by atoms with E-state index in [1.807, 2.05) is 12.1 Å². The van der Waals surface area contributed by atoms with Crippen molar-refractivity contribution in [3.05, 3.63) is 35.1 Å². The minimum absolute atomic E-state index is 0.0784. The van der Waals surface area contributed by atoms with Gasteiger partial charge in [-0.3, -0.25) is 0 Å². The van der Waals surface area contributed by atoms with E-state index in [1.54, 1.807) is 6.92 Å². The van der Waals surface area contributed by atoms with Gasteiger partial charge in [-0.05, 0) is 37.0 Å². The van der Waals surface area contributed by atoms with Crippen LogP contribution >= 0.6 is 0 Å². The molecule has 0 aromatic heterocycles. The van der Waals surface area contributed by atoms with Crippen LogP contribution in [0.3, 0.4) is 0 Å². The number of aryl methyl sites for hydroxylation is 1. The van der Waals surface area contributed by atoms with Crippen LogP contribution in [0, 0.1) is 18.2 Å². The first-order chi connectivity index (χ1) is 8.65. The second-order valence-electron chi connectivity index (χ2n) is 5.55. The maximum atomic E-state index is 13.1. The predicted octanol–water partition coefficient (Wildman–Crippen LogP) is 2.78. The number of aliphatic hydroxyl groups excluding tert-OH is 1. The molecule has 1 aromatic rings. The number of aliphatic hydroxyl groups is 1. The molecule has 1 aliphatic rings. The summed E-state index contributed by atoms with van der Waals surface area (Å²) in [5.74, 6) is -0.152. The summed E-state index contributed by atoms with van der Waals surface area (Å²) in [7, 11) is 0. The average Bonchev–Trinajstić information content (AvgIpc) is 2.83. The lowest BCUT2D eigenvalue weighted by Crippen LogP contribution is -2.34. The quantitative estimate of drug-likeness (QED) is 0.843. The SMILES string of the molecule is Cc1cc(CNCC2(CO)CCCC2)ccc1F. The van der Waals surface area contributed by atoms with Crippen LogP contribution in [0.4, 0.5) is 4.39 Å². The summed E-state index contributed by atoms with van der Waals surface area (Å²) in [6, 6.07) is 5.21. The molecule has 0 saturated heterocycles. The Hall–Kier alpha value is -0.930. The zero-order valence-corrected chi connectivity index (χ0v) is 11.0. The first-order valence-electron chi connectivity index (χ1n) is 6.72. The van der Waals surface area contributed by atoms with Crippen molar-refractivity contribution in [3.63, 3.8) is 0 Å². The number of rotatable bonds is 5. The van der Waals surface area contributed by atoms with Gasteiger partial charge in [0.2, 0.25) is 0 Å². The molecule has 0 atom stereocenters. The number of halogens is 1. The van der Waals surface area contributed by atoms with E-state index in [0.29, 0.717) is 5.56 Å². The lowest BCUT2D eigenvalue weighted by Gasteiger charge is -2.26. The van der Waals surface area contributed by atoms with Crippen molar-refractivity contribution in [1.29, 1.82) is 0 Å². The number of benzene rings is 1. The largest absolute Gasteiger partial charge is 0.396 e. The third-order valence-corrected chi connectivity index (χ3v) is 4.05. The number of hydrogen-bond donors (Lipinski definition) is 2. The second kappa shape index (κ2) is 5.81. The highest BCUT2D eigenvalue weighted by molar-refractivity contribution is 5.23. The van der Waals surface area contributed by atoms with Gasteiger partial charge >= 0.3 is 0 Å². The van der Waals surface area contributed by atoms with Crippen LogP contribution in [0.25, 0.3) is 0 Å². The molecule has 0 unspecified atom stereocenters. The minimum Gasteiger partial charge on any atom is -0.396 e. The van der Waals surface area contributed by atoms with Crippen molar-refractivity contribution >= 4 is 0 Å². The van der Waals surface area contributed by atoms with E-state index in [4.69, 9.17) is 0 Å². The normalized spacial score (nSPS) is 18.2. The van der Waals surface area contributed by atoms with Crippen molar-refractivity contribution in [1.82, 2.24) is 5.32 Å². The molecule has 1 fully saturated rings. The van der Waals surface area contributed by atoms with Gasteiger partial charge in [-0.15, -0.1) is 0 Å². The van der Waals surface area contributed by atoms with Crippen molar-refractivity contribution in [2.45, 2.75) is 39.2 Å². The summed E-state index contributed by atoms with van der Waals surface area (Å²) in [5.41, 5.74) is 1.86. The molecule has 18 heavy (non-hydrogen) atoms. The zero-order chi connectivity index (χ0) is 13.0. The van der Waals surface area contributed by atoms with Crippen LogP contribution in [0.15, 0.2) is 18.2 Å². The third-order valence-electron chi connectivity index (χ3n) is 4.05. The Balaban J connectivity index is 1.86. The molecular formula is C15H22FNO. The van der Waals surface area contributed by atoms with Crippen molar-refractivity contribution in [2.75, 3.05) is 13.2 Å². The molecule has 2 N–H and O–H groups in total. The lowest BCUT2D eigenvalue weighted by atomic mass is 9.87. The Morgan fingerprint density at radius 3 is 2.67 bits per heavy atom. The summed E-state index contributed by atoms with van der Waals surface area (Å²) in [5, 5.41) is 12.9. The Labute approximate surface area is 108 Å². The zero-order valence-electron chi connectivity index (χ0n) is 11.0. The van der Waals surface area contributed by atoms with E-state index in [1.165, 1.54) is 18.9 Å². The van der Waals surface area contributed by atoms with Crippen LogP contribution in [0.1, 0.15) is 36.8 Å². The molecular weight excluding hydrogens is 229 g/mol. The smallest absolute Gasteiger partial charge is 0.126 e. The van der Waals surface area contributed by atoms with Crippen LogP contribution in [0.2, 0.25) is 0 Å². The van der Waals surface area contributed by atoms with Gasteiger partial charge in [-0.1, -0.05) is 25.0 Å². The molecule has 0 amide bonds. The van der Waals surface area contributed by atoms with Crippen molar-refractivity contribution < 1.29 is 9.50 Å². The molecule has 0 heterocycles. The van der Waals surface area contributed by atoms with Gasteiger partial charge in [0.1, 0.15) is 5.82 Å². The fraction of sp³-hybridized carbons (Fsp3) is 0.600. The van der Waals surface area contributed by atoms with E-state index in [2.05, 4.69) is 5.32 Å². The highest BCUT2D eigenvalue weighted by Gasteiger charge is 2.32. The molecule has 0 aliphatic heterocycles.